The van der Waals surface area contributed by atoms with Crippen LogP contribution in [0.2, 0.25) is 5.02 Å². The SMILES string of the molecule is CCN(CC)CC[C@@H](C(=O)O)C1(CS[C@H](CCc2ccccc2C(C)(C)O)c2cccc(/C=C/c3ccc4ccc(Cl)cc4n3)c2)CC1. The third kappa shape index (κ3) is 9.29. The lowest BCUT2D eigenvalue weighted by Crippen LogP contribution is -2.33. The summed E-state index contributed by atoms with van der Waals surface area (Å²) in [5, 5.41) is 23.1. The van der Waals surface area contributed by atoms with Crippen LogP contribution in [0.4, 0.5) is 0 Å². The number of carboxylic acid groups (broad SMARTS) is 1. The summed E-state index contributed by atoms with van der Waals surface area (Å²) in [6.07, 6.45) is 8.46. The molecule has 1 aliphatic carbocycles. The van der Waals surface area contributed by atoms with Gasteiger partial charge in [-0.25, -0.2) is 4.98 Å². The molecule has 3 aromatic carbocycles. The molecule has 1 aromatic heterocycles. The standard InChI is InChI=1S/C41H49ClN2O3S/c1-5-44(6-2)25-22-36(39(45)46)41(23-24-41)28-48-38(21-17-30-11-7-8-13-35(30)40(3,4)47)32-12-9-10-29(26-32)14-19-34-20-16-31-15-18-33(42)27-37(31)43-34/h7-16,18-20,26-27,36,38,47H,5-6,17,21-25,28H2,1-4H3,(H,45,46)/b19-14+/t36-,38+/m0/s1. The number of hydrogen-bond donors (Lipinski definition) is 2. The second kappa shape index (κ2) is 16.0. The monoisotopic (exact) mass is 684 g/mol. The van der Waals surface area contributed by atoms with E-state index < -0.39 is 11.6 Å². The number of aliphatic carboxylic acids is 1. The van der Waals surface area contributed by atoms with E-state index in [1.165, 1.54) is 5.56 Å². The Hall–Kier alpha value is -3.16. The molecule has 0 bridgehead atoms. The van der Waals surface area contributed by atoms with Crippen LogP contribution in [0.5, 0.6) is 0 Å². The van der Waals surface area contributed by atoms with Gasteiger partial charge in [0.05, 0.1) is 22.7 Å². The number of hydrogen-bond acceptors (Lipinski definition) is 5. The van der Waals surface area contributed by atoms with Crippen LogP contribution in [0, 0.1) is 11.3 Å². The van der Waals surface area contributed by atoms with Crippen LogP contribution in [0.1, 0.15) is 86.6 Å². The number of nitrogens with zero attached hydrogens (tertiary/aromatic N) is 2. The maximum absolute atomic E-state index is 12.6. The number of thioether (sulfide) groups is 1. The predicted molar refractivity (Wildman–Crippen MR) is 203 cm³/mol. The average Bonchev–Trinajstić information content (AvgIpc) is 3.85. The number of benzene rings is 3. The van der Waals surface area contributed by atoms with E-state index in [0.29, 0.717) is 11.4 Å². The van der Waals surface area contributed by atoms with Crippen molar-refractivity contribution in [2.24, 2.45) is 11.3 Å². The third-order valence-electron chi connectivity index (χ3n) is 9.89. The van der Waals surface area contributed by atoms with E-state index in [9.17, 15) is 15.0 Å². The summed E-state index contributed by atoms with van der Waals surface area (Å²) in [6, 6.07) is 26.7. The maximum Gasteiger partial charge on any atom is 0.307 e. The maximum atomic E-state index is 12.6. The highest BCUT2D eigenvalue weighted by Gasteiger charge is 2.52. The minimum Gasteiger partial charge on any atom is -0.481 e. The van der Waals surface area contributed by atoms with E-state index in [-0.39, 0.29) is 16.6 Å². The van der Waals surface area contributed by atoms with Crippen LogP contribution in [-0.4, -0.2) is 51.5 Å². The van der Waals surface area contributed by atoms with Gasteiger partial charge >= 0.3 is 5.97 Å². The average molecular weight is 685 g/mol. The lowest BCUT2D eigenvalue weighted by Gasteiger charge is -2.28. The van der Waals surface area contributed by atoms with Crippen molar-refractivity contribution in [2.45, 2.75) is 70.7 Å². The zero-order chi connectivity index (χ0) is 34.3. The number of aromatic nitrogens is 1. The highest BCUT2D eigenvalue weighted by atomic mass is 35.5. The molecule has 2 N–H and O–H groups in total. The Kier molecular flexibility index (Phi) is 12.1. The molecule has 5 rings (SSSR count). The third-order valence-corrected chi connectivity index (χ3v) is 11.8. The topological polar surface area (TPSA) is 73.7 Å². The van der Waals surface area contributed by atoms with Crippen LogP contribution in [-0.2, 0) is 16.8 Å². The molecule has 0 unspecified atom stereocenters. The Balaban J connectivity index is 1.38. The van der Waals surface area contributed by atoms with E-state index in [4.69, 9.17) is 16.6 Å². The molecule has 48 heavy (non-hydrogen) atoms. The first-order valence-electron chi connectivity index (χ1n) is 17.2. The van der Waals surface area contributed by atoms with Gasteiger partial charge < -0.3 is 15.1 Å². The molecule has 1 fully saturated rings. The van der Waals surface area contributed by atoms with Crippen LogP contribution in [0.15, 0.2) is 78.9 Å². The number of aliphatic hydroxyl groups is 1. The summed E-state index contributed by atoms with van der Waals surface area (Å²) >= 11 is 8.12. The first-order chi connectivity index (χ1) is 23.0. The number of carboxylic acids is 1. The Morgan fingerprint density at radius 2 is 1.75 bits per heavy atom. The molecular formula is C41H49ClN2O3S. The molecule has 0 spiro atoms. The van der Waals surface area contributed by atoms with Gasteiger partial charge in [0, 0.05) is 21.4 Å². The minimum absolute atomic E-state index is 0.158. The molecule has 2 atom stereocenters. The second-order valence-electron chi connectivity index (χ2n) is 13.7. The van der Waals surface area contributed by atoms with Crippen molar-refractivity contribution in [1.29, 1.82) is 0 Å². The summed E-state index contributed by atoms with van der Waals surface area (Å²) in [6.45, 7) is 10.7. The number of halogens is 1. The zero-order valence-electron chi connectivity index (χ0n) is 28.7. The molecule has 5 nitrogen and oxygen atoms in total. The van der Waals surface area contributed by atoms with Gasteiger partial charge in [0.2, 0.25) is 0 Å². The summed E-state index contributed by atoms with van der Waals surface area (Å²) in [5.74, 6) is -0.169. The van der Waals surface area contributed by atoms with Crippen molar-refractivity contribution in [3.8, 4) is 0 Å². The van der Waals surface area contributed by atoms with E-state index in [2.05, 4.69) is 61.2 Å². The lowest BCUT2D eigenvalue weighted by molar-refractivity contribution is -0.144. The van der Waals surface area contributed by atoms with Crippen molar-refractivity contribution in [2.75, 3.05) is 25.4 Å². The Morgan fingerprint density at radius 1 is 1.00 bits per heavy atom. The Bertz CT molecular complexity index is 1720. The van der Waals surface area contributed by atoms with Gasteiger partial charge in [-0.15, -0.1) is 0 Å². The van der Waals surface area contributed by atoms with Gasteiger partial charge in [-0.05, 0) is 118 Å². The Labute approximate surface area is 295 Å². The highest BCUT2D eigenvalue weighted by Crippen LogP contribution is 2.57. The lowest BCUT2D eigenvalue weighted by atomic mass is 9.87. The number of rotatable bonds is 17. The predicted octanol–water partition coefficient (Wildman–Crippen LogP) is 9.91. The second-order valence-corrected chi connectivity index (χ2v) is 15.3. The summed E-state index contributed by atoms with van der Waals surface area (Å²) in [7, 11) is 0. The van der Waals surface area contributed by atoms with Gasteiger partial charge in [0.15, 0.2) is 0 Å². The fourth-order valence-electron chi connectivity index (χ4n) is 6.78. The first kappa shape index (κ1) is 36.1. The first-order valence-corrected chi connectivity index (χ1v) is 18.7. The van der Waals surface area contributed by atoms with Crippen molar-refractivity contribution < 1.29 is 15.0 Å². The van der Waals surface area contributed by atoms with Crippen LogP contribution in [0.3, 0.4) is 0 Å². The van der Waals surface area contributed by atoms with Crippen LogP contribution in [0.25, 0.3) is 23.1 Å². The smallest absolute Gasteiger partial charge is 0.307 e. The number of pyridine rings is 1. The van der Waals surface area contributed by atoms with Gasteiger partial charge in [-0.3, -0.25) is 4.79 Å². The fraction of sp³-hybridized carbons (Fsp3) is 0.415. The molecule has 254 valence electrons. The number of aryl methyl sites for hydroxylation is 1. The van der Waals surface area contributed by atoms with E-state index in [0.717, 1.165) is 84.4 Å². The highest BCUT2D eigenvalue weighted by molar-refractivity contribution is 7.99. The van der Waals surface area contributed by atoms with Gasteiger partial charge in [-0.1, -0.05) is 92.2 Å². The number of fused-ring (bicyclic) bond motifs is 1. The summed E-state index contributed by atoms with van der Waals surface area (Å²) < 4.78 is 0. The molecule has 1 aliphatic rings. The Morgan fingerprint density at radius 3 is 2.46 bits per heavy atom. The molecule has 7 heteroatoms. The molecular weight excluding hydrogens is 636 g/mol. The van der Waals surface area contributed by atoms with Crippen molar-refractivity contribution >= 4 is 52.4 Å². The molecule has 0 radical (unpaired) electrons. The van der Waals surface area contributed by atoms with E-state index in [1.54, 1.807) is 0 Å². The molecule has 0 aliphatic heterocycles. The molecule has 4 aromatic rings. The molecule has 1 saturated carbocycles. The quantitative estimate of drug-likeness (QED) is 0.115. The molecule has 0 saturated heterocycles. The molecule has 1 heterocycles. The zero-order valence-corrected chi connectivity index (χ0v) is 30.2. The minimum atomic E-state index is -0.927. The fourth-order valence-corrected chi connectivity index (χ4v) is 8.59. The van der Waals surface area contributed by atoms with Crippen molar-refractivity contribution in [3.05, 3.63) is 112 Å². The van der Waals surface area contributed by atoms with E-state index in [1.807, 2.05) is 74.1 Å². The van der Waals surface area contributed by atoms with Crippen molar-refractivity contribution in [1.82, 2.24) is 9.88 Å². The molecule has 0 amide bonds. The summed E-state index contributed by atoms with van der Waals surface area (Å²) in [5.41, 5.74) is 5.07. The van der Waals surface area contributed by atoms with Gasteiger partial charge in [-0.2, -0.15) is 11.8 Å². The van der Waals surface area contributed by atoms with Crippen LogP contribution < -0.4 is 0 Å². The van der Waals surface area contributed by atoms with Gasteiger partial charge in [0.25, 0.3) is 0 Å². The largest absolute Gasteiger partial charge is 0.481 e. The normalized spacial score (nSPS) is 15.6. The van der Waals surface area contributed by atoms with Crippen LogP contribution >= 0.6 is 23.4 Å². The van der Waals surface area contributed by atoms with E-state index >= 15 is 0 Å². The number of carbonyl (C=O) groups is 1. The van der Waals surface area contributed by atoms with Gasteiger partial charge in [0.1, 0.15) is 0 Å². The van der Waals surface area contributed by atoms with Crippen molar-refractivity contribution in [3.63, 3.8) is 0 Å². The summed E-state index contributed by atoms with van der Waals surface area (Å²) in [4.78, 5) is 19.7.